The summed E-state index contributed by atoms with van der Waals surface area (Å²) < 4.78 is 269. The lowest BCUT2D eigenvalue weighted by Crippen LogP contribution is -2.39. The Morgan fingerprint density at radius 3 is 1.19 bits per heavy atom. The SMILES string of the molecule is CC(C)CC(C(=O)O)n1cc(CCN2CCC2)c(C(F)(F)F)cc1=O.CCOC(=O)C[C@H](CC(=O)C(CC(C)C)n1cc(CCN2CCC2)c(C(F)(F)F)cc1=O)c1c(F)c(-c2c(C)cc(F)c(C)c2C)cc(C(F)(F)F)c1F.CCOC(=O)C[C@H](N)c1c(F)c(-c2c(C)cc(F)c(C)c2C)cc(C(F)(F)F)c1F.S. The number of carboxylic acids is 1. The van der Waals surface area contributed by atoms with Crippen molar-refractivity contribution in [2.24, 2.45) is 17.6 Å². The number of esters is 2. The van der Waals surface area contributed by atoms with Gasteiger partial charge in [0.2, 0.25) is 0 Å². The van der Waals surface area contributed by atoms with Crippen LogP contribution in [0, 0.1) is 88.3 Å². The molecule has 33 heteroatoms. The average molecular weight is 1600 g/mol. The molecule has 0 bridgehead atoms. The largest absolute Gasteiger partial charge is 0.480 e. The van der Waals surface area contributed by atoms with E-state index in [1.165, 1.54) is 55.4 Å². The number of aliphatic carboxylic acids is 1. The summed E-state index contributed by atoms with van der Waals surface area (Å²) in [6.07, 6.45) is -18.8. The lowest BCUT2D eigenvalue weighted by molar-refractivity contribution is -0.144. The number of ether oxygens (including phenoxy) is 2. The van der Waals surface area contributed by atoms with E-state index in [1.54, 1.807) is 27.7 Å². The van der Waals surface area contributed by atoms with Crippen LogP contribution in [0.1, 0.15) is 188 Å². The number of carbonyl (C=O) groups is 4. The predicted molar refractivity (Wildman–Crippen MR) is 380 cm³/mol. The van der Waals surface area contributed by atoms with Gasteiger partial charge in [0.25, 0.3) is 11.1 Å². The van der Waals surface area contributed by atoms with E-state index in [9.17, 15) is 99.7 Å². The van der Waals surface area contributed by atoms with Crippen LogP contribution in [0.3, 0.4) is 0 Å². The van der Waals surface area contributed by atoms with Gasteiger partial charge in [-0.1, -0.05) is 27.7 Å². The Kier molecular flexibility index (Phi) is 31.8. The van der Waals surface area contributed by atoms with Crippen molar-refractivity contribution in [1.82, 2.24) is 18.9 Å². The zero-order valence-corrected chi connectivity index (χ0v) is 63.5. The van der Waals surface area contributed by atoms with Crippen LogP contribution in [0.15, 0.2) is 58.4 Å². The number of aryl methyl sites for hydroxylation is 2. The molecule has 110 heavy (non-hydrogen) atoms. The van der Waals surface area contributed by atoms with Crippen molar-refractivity contribution in [3.05, 3.63) is 182 Å². The quantitative estimate of drug-likeness (QED) is 0.0388. The zero-order chi connectivity index (χ0) is 82.2. The van der Waals surface area contributed by atoms with Crippen LogP contribution >= 0.6 is 13.5 Å². The maximum Gasteiger partial charge on any atom is 0.419 e. The Labute approximate surface area is 630 Å². The Balaban J connectivity index is 0.000000325. The van der Waals surface area contributed by atoms with Crippen LogP contribution in [0.2, 0.25) is 0 Å². The number of Topliss-reactive ketones (excluding diaryl/α,β-unsaturated/α-hetero) is 1. The summed E-state index contributed by atoms with van der Waals surface area (Å²) in [7, 11) is 0. The van der Waals surface area contributed by atoms with Gasteiger partial charge in [-0.15, -0.1) is 0 Å². The van der Waals surface area contributed by atoms with Gasteiger partial charge in [-0.2, -0.15) is 66.2 Å². The van der Waals surface area contributed by atoms with E-state index in [4.69, 9.17) is 10.5 Å². The van der Waals surface area contributed by atoms with E-state index in [0.717, 1.165) is 59.6 Å². The monoisotopic (exact) mass is 1600 g/mol. The number of ketones is 1. The van der Waals surface area contributed by atoms with Gasteiger partial charge in [0.05, 0.1) is 54.4 Å². The molecular formula is C77H89F18N5O9S. The molecule has 0 radical (unpaired) electrons. The molecule has 4 atom stereocenters. The molecular weight excluding hydrogens is 1510 g/mol. The topological polar surface area (TPSA) is 183 Å². The van der Waals surface area contributed by atoms with Crippen molar-refractivity contribution < 1.29 is 113 Å². The fourth-order valence-corrected chi connectivity index (χ4v) is 13.2. The average Bonchev–Trinajstić information content (AvgIpc) is 0.755. The third-order valence-electron chi connectivity index (χ3n) is 19.3. The molecule has 0 spiro atoms. The molecule has 2 aromatic heterocycles. The van der Waals surface area contributed by atoms with E-state index >= 15 is 13.2 Å². The molecule has 4 heterocycles. The fourth-order valence-electron chi connectivity index (χ4n) is 13.2. The molecule has 2 fully saturated rings. The standard InChI is InChI=1S/C39H43F9N2O4.C21H21F6NO2.C17H23F3N2O3.H2S/c1-7-54-33(53)16-25(35-36(41)26(17-28(37(35)42)39(46,47)48)34-21(4)14-29(40)22(5)23(34)6)15-31(51)30(13-20(2)3)50-19-24(9-12-49-10-8-11-49)27(18-32(50)52)38(43,44)45;1-5-30-16(29)8-15(28)18-19(23)12(7-13(20(18)24)21(25,26)27)17-9(2)6-14(22)10(3)11(17)4;1-11(2)8-14(16(24)25)22-10-12(4-7-21-5-3-6-21)13(9-15(22)23)17(18,19)20;/h14,17-20,25,30H,7-13,15-16H2,1-6H3;6-7,15H,5,8,28H2,1-4H3;9-11,14H,3-8H2,1-2H3,(H,24,25);1H2/t25-,30?;15-;;/m00../s1. The third-order valence-corrected chi connectivity index (χ3v) is 19.3. The lowest BCUT2D eigenvalue weighted by atomic mass is 9.82. The van der Waals surface area contributed by atoms with Crippen molar-refractivity contribution in [3.63, 3.8) is 0 Å². The van der Waals surface area contributed by atoms with E-state index in [-0.39, 0.29) is 132 Å². The van der Waals surface area contributed by atoms with E-state index in [2.05, 4.69) is 4.74 Å². The summed E-state index contributed by atoms with van der Waals surface area (Å²) in [6, 6.07) is -0.836. The summed E-state index contributed by atoms with van der Waals surface area (Å²) in [5, 5.41) is 9.40. The highest BCUT2D eigenvalue weighted by atomic mass is 32.1. The number of aromatic nitrogens is 2. The van der Waals surface area contributed by atoms with Gasteiger partial charge in [0.1, 0.15) is 40.9 Å². The lowest BCUT2D eigenvalue weighted by Gasteiger charge is -2.31. The Morgan fingerprint density at radius 1 is 0.491 bits per heavy atom. The molecule has 2 aliphatic rings. The normalized spacial score (nSPS) is 14.6. The van der Waals surface area contributed by atoms with Crippen LogP contribution in [0.25, 0.3) is 22.3 Å². The van der Waals surface area contributed by atoms with E-state index in [1.807, 2.05) is 9.80 Å². The summed E-state index contributed by atoms with van der Waals surface area (Å²) in [4.78, 5) is 79.7. The molecule has 2 aliphatic heterocycles. The van der Waals surface area contributed by atoms with Crippen molar-refractivity contribution >= 4 is 37.2 Å². The van der Waals surface area contributed by atoms with Gasteiger partial charge in [-0.25, -0.2) is 31.1 Å². The van der Waals surface area contributed by atoms with Crippen LogP contribution in [-0.2, 0) is 66.2 Å². The zero-order valence-electron chi connectivity index (χ0n) is 62.5. The molecule has 608 valence electrons. The van der Waals surface area contributed by atoms with Gasteiger partial charge in [-0.3, -0.25) is 24.0 Å². The van der Waals surface area contributed by atoms with Gasteiger partial charge in [-0.05, 0) is 212 Å². The third kappa shape index (κ3) is 22.6. The van der Waals surface area contributed by atoms with Gasteiger partial charge in [0, 0.05) is 78.3 Å². The maximum absolute atomic E-state index is 16.8. The Hall–Kier alpha value is -8.17. The number of nitrogens with two attached hydrogens (primary N) is 1. The first-order chi connectivity index (χ1) is 50.5. The van der Waals surface area contributed by atoms with Crippen LogP contribution in [0.5, 0.6) is 0 Å². The number of benzene rings is 4. The van der Waals surface area contributed by atoms with Gasteiger partial charge >= 0.3 is 42.6 Å². The second kappa shape index (κ2) is 37.9. The molecule has 0 saturated carbocycles. The molecule has 2 saturated heterocycles. The smallest absolute Gasteiger partial charge is 0.419 e. The van der Waals surface area contributed by atoms with Crippen molar-refractivity contribution in [3.8, 4) is 22.3 Å². The minimum absolute atomic E-state index is 0. The second-order valence-electron chi connectivity index (χ2n) is 28.0. The number of rotatable bonds is 26. The summed E-state index contributed by atoms with van der Waals surface area (Å²) in [5.74, 6) is -14.7. The summed E-state index contributed by atoms with van der Waals surface area (Å²) in [6.45, 7) is 21.6. The van der Waals surface area contributed by atoms with Crippen LogP contribution in [0.4, 0.5) is 79.0 Å². The van der Waals surface area contributed by atoms with Gasteiger partial charge in [0.15, 0.2) is 5.78 Å². The Morgan fingerprint density at radius 2 is 0.845 bits per heavy atom. The highest BCUT2D eigenvalue weighted by Crippen LogP contribution is 2.47. The van der Waals surface area contributed by atoms with Crippen molar-refractivity contribution in [2.75, 3.05) is 52.5 Å². The molecule has 6 aromatic rings. The molecule has 4 aromatic carbocycles. The molecule has 8 rings (SSSR count). The van der Waals surface area contributed by atoms with E-state index < -0.39 is 182 Å². The first kappa shape index (κ1) is 92.4. The number of carbonyl (C=O) groups excluding carboxylic acids is 3. The summed E-state index contributed by atoms with van der Waals surface area (Å²) >= 11 is 0. The molecule has 0 aliphatic carbocycles. The number of hydrogen-bond acceptors (Lipinski definition) is 11. The second-order valence-corrected chi connectivity index (χ2v) is 28.0. The van der Waals surface area contributed by atoms with Crippen molar-refractivity contribution in [2.45, 2.75) is 190 Å². The van der Waals surface area contributed by atoms with E-state index in [0.29, 0.717) is 37.8 Å². The molecule has 3 N–H and O–H groups in total. The first-order valence-corrected chi connectivity index (χ1v) is 35.1. The minimum atomic E-state index is -5.39. The number of hydrogen-bond donors (Lipinski definition) is 2. The molecule has 14 nitrogen and oxygen atoms in total. The van der Waals surface area contributed by atoms with Gasteiger partial charge < -0.3 is 39.2 Å². The number of alkyl halides is 12. The number of likely N-dealkylation sites (tertiary alicyclic amines) is 2. The summed E-state index contributed by atoms with van der Waals surface area (Å²) in [5.41, 5.74) is -5.71. The number of pyridine rings is 2. The highest BCUT2D eigenvalue weighted by Gasteiger charge is 2.44. The van der Waals surface area contributed by atoms with Crippen LogP contribution < -0.4 is 16.9 Å². The Bertz CT molecular complexity index is 4450. The highest BCUT2D eigenvalue weighted by molar-refractivity contribution is 7.59. The fraction of sp³-hybridized carbons (Fsp3) is 0.506. The van der Waals surface area contributed by atoms with Crippen LogP contribution in [-0.4, -0.2) is 100 Å². The maximum atomic E-state index is 16.8. The molecule has 2 unspecified atom stereocenters. The number of halogens is 18. The first-order valence-electron chi connectivity index (χ1n) is 35.1. The number of nitrogens with zero attached hydrogens (tertiary/aromatic N) is 4. The minimum Gasteiger partial charge on any atom is -0.480 e. The predicted octanol–water partition coefficient (Wildman–Crippen LogP) is 18.0. The number of carboxylic acid groups (broad SMARTS) is 1. The van der Waals surface area contributed by atoms with Crippen molar-refractivity contribution in [1.29, 1.82) is 0 Å². The molecule has 0 amide bonds.